The van der Waals surface area contributed by atoms with Crippen molar-refractivity contribution in [2.24, 2.45) is 0 Å². The fraction of sp³-hybridized carbons (Fsp3) is 0.111. The van der Waals surface area contributed by atoms with Gasteiger partial charge >= 0.3 is 0 Å². The van der Waals surface area contributed by atoms with Crippen molar-refractivity contribution in [3.63, 3.8) is 0 Å². The molecule has 2 aromatic carbocycles. The molecule has 0 atom stereocenters. The van der Waals surface area contributed by atoms with Crippen molar-refractivity contribution in [3.8, 4) is 17.2 Å². The largest absolute Gasteiger partial charge is 0.495 e. The Balaban J connectivity index is 1.67. The van der Waals surface area contributed by atoms with E-state index in [4.69, 9.17) is 9.47 Å². The van der Waals surface area contributed by atoms with Gasteiger partial charge in [-0.05, 0) is 24.3 Å². The molecule has 24 heavy (non-hydrogen) atoms. The Morgan fingerprint density at radius 1 is 1.21 bits per heavy atom. The van der Waals surface area contributed by atoms with Gasteiger partial charge in [-0.2, -0.15) is 0 Å². The molecule has 120 valence electrons. The maximum Gasteiger partial charge on any atom is 0.276 e. The predicted octanol–water partition coefficient (Wildman–Crippen LogP) is 3.03. The zero-order valence-electron chi connectivity index (χ0n) is 13.0. The molecule has 6 heteroatoms. The Hall–Kier alpha value is -3.28. The Bertz CT molecular complexity index is 917. The minimum Gasteiger partial charge on any atom is -0.495 e. The number of nitrogens with zero attached hydrogens (tertiary/aromatic N) is 2. The molecule has 2 heterocycles. The highest BCUT2D eigenvalue weighted by Gasteiger charge is 2.24. The molecule has 0 saturated heterocycles. The van der Waals surface area contributed by atoms with Gasteiger partial charge in [0, 0.05) is 0 Å². The molecule has 1 amide bonds. The highest BCUT2D eigenvalue weighted by atomic mass is 16.5. The van der Waals surface area contributed by atoms with Crippen LogP contribution < -0.4 is 14.8 Å². The van der Waals surface area contributed by atoms with E-state index in [1.165, 1.54) is 0 Å². The average molecular weight is 321 g/mol. The SMILES string of the molecule is COc1ccccc1NC(=O)c1ncn2c1COc1ccccc1-2. The number of fused-ring (bicyclic) bond motifs is 3. The number of hydrogen-bond donors (Lipinski definition) is 1. The molecule has 0 radical (unpaired) electrons. The number of rotatable bonds is 3. The highest BCUT2D eigenvalue weighted by Crippen LogP contribution is 2.31. The number of carbonyl (C=O) groups excluding carboxylic acids is 1. The summed E-state index contributed by atoms with van der Waals surface area (Å²) in [6.07, 6.45) is 1.65. The van der Waals surface area contributed by atoms with Gasteiger partial charge in [0.05, 0.1) is 24.2 Å². The normalized spacial score (nSPS) is 11.9. The molecule has 0 fully saturated rings. The summed E-state index contributed by atoms with van der Waals surface area (Å²) >= 11 is 0. The maximum atomic E-state index is 12.6. The second-order valence-corrected chi connectivity index (χ2v) is 5.32. The zero-order valence-corrected chi connectivity index (χ0v) is 13.0. The summed E-state index contributed by atoms with van der Waals surface area (Å²) in [5.74, 6) is 1.08. The molecule has 0 unspecified atom stereocenters. The van der Waals surface area contributed by atoms with Gasteiger partial charge in [0.1, 0.15) is 24.4 Å². The Labute approximate surface area is 138 Å². The minimum absolute atomic E-state index is 0.295. The minimum atomic E-state index is -0.295. The number of ether oxygens (including phenoxy) is 2. The maximum absolute atomic E-state index is 12.6. The van der Waals surface area contributed by atoms with Crippen LogP contribution >= 0.6 is 0 Å². The van der Waals surface area contributed by atoms with Crippen LogP contribution in [0.2, 0.25) is 0 Å². The van der Waals surface area contributed by atoms with Gasteiger partial charge in [-0.1, -0.05) is 24.3 Å². The lowest BCUT2D eigenvalue weighted by atomic mass is 10.2. The van der Waals surface area contributed by atoms with E-state index in [-0.39, 0.29) is 5.91 Å². The van der Waals surface area contributed by atoms with Crippen LogP contribution in [0.25, 0.3) is 5.69 Å². The van der Waals surface area contributed by atoms with Crippen LogP contribution in [-0.4, -0.2) is 22.6 Å². The monoisotopic (exact) mass is 321 g/mol. The summed E-state index contributed by atoms with van der Waals surface area (Å²) in [6, 6.07) is 14.9. The number of para-hydroxylation sites is 4. The van der Waals surface area contributed by atoms with E-state index in [2.05, 4.69) is 10.3 Å². The molecule has 1 N–H and O–H groups in total. The van der Waals surface area contributed by atoms with E-state index in [1.807, 2.05) is 41.0 Å². The molecule has 0 bridgehead atoms. The highest BCUT2D eigenvalue weighted by molar-refractivity contribution is 6.04. The first-order valence-corrected chi connectivity index (χ1v) is 7.50. The lowest BCUT2D eigenvalue weighted by Crippen LogP contribution is -2.19. The van der Waals surface area contributed by atoms with Crippen molar-refractivity contribution in [2.45, 2.75) is 6.61 Å². The van der Waals surface area contributed by atoms with Crippen molar-refractivity contribution >= 4 is 11.6 Å². The van der Waals surface area contributed by atoms with Gasteiger partial charge in [0.15, 0.2) is 5.69 Å². The Morgan fingerprint density at radius 3 is 2.88 bits per heavy atom. The average Bonchev–Trinajstić information content (AvgIpc) is 3.07. The lowest BCUT2D eigenvalue weighted by Gasteiger charge is -2.20. The molecule has 0 spiro atoms. The van der Waals surface area contributed by atoms with E-state index < -0.39 is 0 Å². The van der Waals surface area contributed by atoms with Crippen LogP contribution in [0.1, 0.15) is 16.2 Å². The third-order valence-corrected chi connectivity index (χ3v) is 3.93. The number of methoxy groups -OCH3 is 1. The zero-order chi connectivity index (χ0) is 16.5. The molecule has 0 saturated carbocycles. The third-order valence-electron chi connectivity index (χ3n) is 3.93. The van der Waals surface area contributed by atoms with Crippen molar-refractivity contribution < 1.29 is 14.3 Å². The number of benzene rings is 2. The fourth-order valence-corrected chi connectivity index (χ4v) is 2.76. The van der Waals surface area contributed by atoms with Crippen molar-refractivity contribution in [3.05, 3.63) is 66.2 Å². The first kappa shape index (κ1) is 14.3. The third kappa shape index (κ3) is 2.28. The molecule has 1 aliphatic heterocycles. The number of aromatic nitrogens is 2. The van der Waals surface area contributed by atoms with Crippen LogP contribution in [0.5, 0.6) is 11.5 Å². The molecular formula is C18H15N3O3. The van der Waals surface area contributed by atoms with Crippen molar-refractivity contribution in [2.75, 3.05) is 12.4 Å². The van der Waals surface area contributed by atoms with E-state index in [0.29, 0.717) is 23.7 Å². The fourth-order valence-electron chi connectivity index (χ4n) is 2.76. The summed E-state index contributed by atoms with van der Waals surface area (Å²) in [5.41, 5.74) is 2.54. The molecule has 3 aromatic rings. The quantitative estimate of drug-likeness (QED) is 0.805. The Morgan fingerprint density at radius 2 is 2.00 bits per heavy atom. The van der Waals surface area contributed by atoms with Crippen LogP contribution in [-0.2, 0) is 6.61 Å². The van der Waals surface area contributed by atoms with E-state index in [0.717, 1.165) is 17.1 Å². The second-order valence-electron chi connectivity index (χ2n) is 5.32. The number of imidazole rings is 1. The van der Waals surface area contributed by atoms with Gasteiger partial charge in [0.2, 0.25) is 0 Å². The number of amides is 1. The number of hydrogen-bond acceptors (Lipinski definition) is 4. The topological polar surface area (TPSA) is 65.4 Å². The van der Waals surface area contributed by atoms with Gasteiger partial charge in [-0.3, -0.25) is 9.36 Å². The second kappa shape index (κ2) is 5.73. The molecule has 4 rings (SSSR count). The van der Waals surface area contributed by atoms with Crippen LogP contribution in [0.15, 0.2) is 54.9 Å². The summed E-state index contributed by atoms with van der Waals surface area (Å²) < 4.78 is 12.9. The van der Waals surface area contributed by atoms with Crippen molar-refractivity contribution in [1.29, 1.82) is 0 Å². The number of carbonyl (C=O) groups is 1. The summed E-state index contributed by atoms with van der Waals surface area (Å²) in [6.45, 7) is 0.297. The standard InChI is InChI=1S/C18H15N3O3/c1-23-15-8-4-2-6-12(15)20-18(22)17-14-10-24-16-9-5-3-7-13(16)21(14)11-19-17/h2-9,11H,10H2,1H3,(H,20,22). The summed E-state index contributed by atoms with van der Waals surface area (Å²) in [5, 5.41) is 2.84. The molecule has 1 aromatic heterocycles. The van der Waals surface area contributed by atoms with Crippen LogP contribution in [0.3, 0.4) is 0 Å². The molecule has 6 nitrogen and oxygen atoms in total. The molecule has 1 aliphatic rings. The van der Waals surface area contributed by atoms with Gasteiger partial charge in [-0.25, -0.2) is 4.98 Å². The van der Waals surface area contributed by atoms with E-state index >= 15 is 0 Å². The Kier molecular flexibility index (Phi) is 3.42. The van der Waals surface area contributed by atoms with Crippen LogP contribution in [0.4, 0.5) is 5.69 Å². The van der Waals surface area contributed by atoms with E-state index in [9.17, 15) is 4.79 Å². The lowest BCUT2D eigenvalue weighted by molar-refractivity contribution is 0.101. The molecular weight excluding hydrogens is 306 g/mol. The number of anilines is 1. The summed E-state index contributed by atoms with van der Waals surface area (Å²) in [4.78, 5) is 16.9. The van der Waals surface area contributed by atoms with Gasteiger partial charge < -0.3 is 14.8 Å². The number of nitrogens with one attached hydrogen (secondary N) is 1. The van der Waals surface area contributed by atoms with Crippen molar-refractivity contribution in [1.82, 2.24) is 9.55 Å². The predicted molar refractivity (Wildman–Crippen MR) is 88.8 cm³/mol. The van der Waals surface area contributed by atoms with Gasteiger partial charge in [0.25, 0.3) is 5.91 Å². The summed E-state index contributed by atoms with van der Waals surface area (Å²) in [7, 11) is 1.56. The van der Waals surface area contributed by atoms with Gasteiger partial charge in [-0.15, -0.1) is 0 Å². The smallest absolute Gasteiger partial charge is 0.276 e. The first-order chi connectivity index (χ1) is 11.8. The van der Waals surface area contributed by atoms with Crippen LogP contribution in [0, 0.1) is 0 Å². The first-order valence-electron chi connectivity index (χ1n) is 7.50. The molecule has 0 aliphatic carbocycles. The van der Waals surface area contributed by atoms with E-state index in [1.54, 1.807) is 25.6 Å².